The summed E-state index contributed by atoms with van der Waals surface area (Å²) in [7, 11) is 1.52. The molecule has 0 radical (unpaired) electrons. The minimum absolute atomic E-state index is 0.209. The van der Waals surface area contributed by atoms with Gasteiger partial charge in [0.2, 0.25) is 0 Å². The molecule has 2 aromatic carbocycles. The molecule has 1 atom stereocenters. The molecule has 1 N–H and O–H groups in total. The van der Waals surface area contributed by atoms with E-state index < -0.39 is 17.8 Å². The van der Waals surface area contributed by atoms with Crippen molar-refractivity contribution in [3.8, 4) is 11.5 Å². The quantitative estimate of drug-likeness (QED) is 0.793. The molecule has 0 spiro atoms. The molecule has 1 aliphatic rings. The molecule has 2 aromatic rings. The molecule has 7 heteroatoms. The lowest BCUT2D eigenvalue weighted by molar-refractivity contribution is -0.152. The number of ether oxygens (including phenoxy) is 3. The number of fused-ring (bicyclic) bond motifs is 1. The topological polar surface area (TPSA) is 73.9 Å². The van der Waals surface area contributed by atoms with E-state index in [9.17, 15) is 9.59 Å². The zero-order valence-electron chi connectivity index (χ0n) is 15.1. The number of nitrogens with one attached hydrogen (secondary N) is 1. The average molecular weight is 390 g/mol. The Morgan fingerprint density at radius 2 is 2.07 bits per heavy atom. The lowest BCUT2D eigenvalue weighted by Crippen LogP contribution is -2.32. The summed E-state index contributed by atoms with van der Waals surface area (Å²) in [5.41, 5.74) is 2.35. The molecule has 0 aromatic heterocycles. The van der Waals surface area contributed by atoms with Crippen molar-refractivity contribution in [2.75, 3.05) is 25.6 Å². The zero-order chi connectivity index (χ0) is 19.4. The largest absolute Gasteiger partial charge is 0.495 e. The maximum absolute atomic E-state index is 12.3. The van der Waals surface area contributed by atoms with E-state index >= 15 is 0 Å². The van der Waals surface area contributed by atoms with Crippen LogP contribution in [-0.2, 0) is 20.7 Å². The molecule has 1 aliphatic heterocycles. The van der Waals surface area contributed by atoms with Gasteiger partial charge >= 0.3 is 5.97 Å². The first-order valence-electron chi connectivity index (χ1n) is 8.48. The van der Waals surface area contributed by atoms with Gasteiger partial charge in [0.1, 0.15) is 18.1 Å². The van der Waals surface area contributed by atoms with E-state index in [1.54, 1.807) is 30.3 Å². The predicted molar refractivity (Wildman–Crippen MR) is 101 cm³/mol. The number of hydrogen-bond donors (Lipinski definition) is 1. The summed E-state index contributed by atoms with van der Waals surface area (Å²) >= 11 is 5.98. The van der Waals surface area contributed by atoms with Crippen molar-refractivity contribution in [3.63, 3.8) is 0 Å². The Labute approximate surface area is 162 Å². The smallest absolute Gasteiger partial charge is 0.313 e. The van der Waals surface area contributed by atoms with Crippen LogP contribution in [0.2, 0.25) is 5.02 Å². The Morgan fingerprint density at radius 1 is 1.26 bits per heavy atom. The molecule has 3 rings (SSSR count). The van der Waals surface area contributed by atoms with Crippen molar-refractivity contribution in [1.82, 2.24) is 0 Å². The first kappa shape index (κ1) is 19.0. The highest BCUT2D eigenvalue weighted by molar-refractivity contribution is 6.30. The third-order valence-corrected chi connectivity index (χ3v) is 4.47. The summed E-state index contributed by atoms with van der Waals surface area (Å²) in [6.45, 7) is 1.73. The standard InChI is InChI=1S/C20H20ClNO5/c1-12-3-5-18(25-2)16(7-12)22-19(23)11-27-20(24)14-8-13-9-15(21)4-6-17(13)26-10-14/h3-7,9,14H,8,10-11H2,1-2H3,(H,22,23). The zero-order valence-corrected chi connectivity index (χ0v) is 15.8. The van der Waals surface area contributed by atoms with Crippen LogP contribution in [0.4, 0.5) is 5.69 Å². The van der Waals surface area contributed by atoms with Crippen LogP contribution in [0.5, 0.6) is 11.5 Å². The van der Waals surface area contributed by atoms with Crippen LogP contribution in [0.1, 0.15) is 11.1 Å². The summed E-state index contributed by atoms with van der Waals surface area (Å²) < 4.78 is 16.0. The van der Waals surface area contributed by atoms with Crippen LogP contribution in [0.3, 0.4) is 0 Å². The molecule has 0 fully saturated rings. The number of esters is 1. The number of rotatable bonds is 5. The molecule has 1 unspecified atom stereocenters. The maximum atomic E-state index is 12.3. The van der Waals surface area contributed by atoms with Gasteiger partial charge in [-0.2, -0.15) is 0 Å². The summed E-state index contributed by atoms with van der Waals surface area (Å²) in [5, 5.41) is 3.28. The van der Waals surface area contributed by atoms with Crippen LogP contribution < -0.4 is 14.8 Å². The van der Waals surface area contributed by atoms with E-state index in [1.165, 1.54) is 7.11 Å². The summed E-state index contributed by atoms with van der Waals surface area (Å²) in [5.74, 6) is -0.140. The van der Waals surface area contributed by atoms with E-state index in [0.717, 1.165) is 11.1 Å². The number of aryl methyl sites for hydroxylation is 1. The fraction of sp³-hybridized carbons (Fsp3) is 0.300. The SMILES string of the molecule is COc1ccc(C)cc1NC(=O)COC(=O)C1COc2ccc(Cl)cc2C1. The van der Waals surface area contributed by atoms with Gasteiger partial charge in [-0.25, -0.2) is 0 Å². The predicted octanol–water partition coefficient (Wildman–Crippen LogP) is 3.39. The normalized spacial score (nSPS) is 15.3. The van der Waals surface area contributed by atoms with Crippen molar-refractivity contribution in [1.29, 1.82) is 0 Å². The van der Waals surface area contributed by atoms with Crippen molar-refractivity contribution >= 4 is 29.2 Å². The monoisotopic (exact) mass is 389 g/mol. The van der Waals surface area contributed by atoms with Gasteiger partial charge in [-0.15, -0.1) is 0 Å². The second-order valence-electron chi connectivity index (χ2n) is 6.32. The molecular weight excluding hydrogens is 370 g/mol. The Balaban J connectivity index is 1.55. The second kappa shape index (κ2) is 8.31. The van der Waals surface area contributed by atoms with Crippen molar-refractivity contribution in [2.24, 2.45) is 5.92 Å². The van der Waals surface area contributed by atoms with E-state index in [2.05, 4.69) is 5.32 Å². The number of methoxy groups -OCH3 is 1. The first-order valence-corrected chi connectivity index (χ1v) is 8.86. The number of anilines is 1. The lowest BCUT2D eigenvalue weighted by atomic mass is 9.97. The molecule has 0 bridgehead atoms. The highest BCUT2D eigenvalue weighted by atomic mass is 35.5. The number of carbonyl (C=O) groups excluding carboxylic acids is 2. The molecule has 1 heterocycles. The van der Waals surface area contributed by atoms with Crippen molar-refractivity contribution in [2.45, 2.75) is 13.3 Å². The van der Waals surface area contributed by atoms with Gasteiger partial charge < -0.3 is 19.5 Å². The van der Waals surface area contributed by atoms with Gasteiger partial charge in [0.15, 0.2) is 6.61 Å². The van der Waals surface area contributed by atoms with Gasteiger partial charge in [-0.3, -0.25) is 9.59 Å². The van der Waals surface area contributed by atoms with E-state index in [4.69, 9.17) is 25.8 Å². The number of halogens is 1. The number of hydrogen-bond acceptors (Lipinski definition) is 5. The Kier molecular flexibility index (Phi) is 5.86. The van der Waals surface area contributed by atoms with Crippen LogP contribution >= 0.6 is 11.6 Å². The van der Waals surface area contributed by atoms with E-state index in [1.807, 2.05) is 13.0 Å². The van der Waals surface area contributed by atoms with Gasteiger partial charge in [-0.05, 0) is 54.8 Å². The molecule has 142 valence electrons. The van der Waals surface area contributed by atoms with E-state index in [0.29, 0.717) is 28.6 Å². The van der Waals surface area contributed by atoms with Crippen LogP contribution in [0.25, 0.3) is 0 Å². The summed E-state index contributed by atoms with van der Waals surface area (Å²) in [6, 6.07) is 10.7. The molecule has 0 aliphatic carbocycles. The maximum Gasteiger partial charge on any atom is 0.313 e. The summed E-state index contributed by atoms with van der Waals surface area (Å²) in [4.78, 5) is 24.4. The Bertz CT molecular complexity index is 867. The number of carbonyl (C=O) groups is 2. The highest BCUT2D eigenvalue weighted by Gasteiger charge is 2.28. The van der Waals surface area contributed by atoms with Gasteiger partial charge in [0.05, 0.1) is 18.7 Å². The van der Waals surface area contributed by atoms with Crippen molar-refractivity contribution < 1.29 is 23.8 Å². The van der Waals surface area contributed by atoms with Crippen LogP contribution in [0.15, 0.2) is 36.4 Å². The van der Waals surface area contributed by atoms with Gasteiger partial charge in [-0.1, -0.05) is 17.7 Å². The second-order valence-corrected chi connectivity index (χ2v) is 6.76. The fourth-order valence-electron chi connectivity index (χ4n) is 2.87. The number of amides is 1. The molecule has 27 heavy (non-hydrogen) atoms. The van der Waals surface area contributed by atoms with E-state index in [-0.39, 0.29) is 13.2 Å². The minimum Gasteiger partial charge on any atom is -0.495 e. The summed E-state index contributed by atoms with van der Waals surface area (Å²) in [6.07, 6.45) is 0.460. The van der Waals surface area contributed by atoms with Gasteiger partial charge in [0.25, 0.3) is 5.91 Å². The molecule has 1 amide bonds. The van der Waals surface area contributed by atoms with Crippen LogP contribution in [0, 0.1) is 12.8 Å². The first-order chi connectivity index (χ1) is 13.0. The van der Waals surface area contributed by atoms with Crippen LogP contribution in [-0.4, -0.2) is 32.2 Å². The Morgan fingerprint density at radius 3 is 2.85 bits per heavy atom. The molecule has 0 saturated heterocycles. The number of benzene rings is 2. The third kappa shape index (κ3) is 4.71. The van der Waals surface area contributed by atoms with Crippen molar-refractivity contribution in [3.05, 3.63) is 52.5 Å². The lowest BCUT2D eigenvalue weighted by Gasteiger charge is -2.24. The third-order valence-electron chi connectivity index (χ3n) is 4.24. The van der Waals surface area contributed by atoms with Gasteiger partial charge in [0, 0.05) is 5.02 Å². The minimum atomic E-state index is -0.480. The fourth-order valence-corrected chi connectivity index (χ4v) is 3.07. The highest BCUT2D eigenvalue weighted by Crippen LogP contribution is 2.30. The Hall–Kier alpha value is -2.73. The molecule has 6 nitrogen and oxygen atoms in total. The average Bonchev–Trinajstić information content (AvgIpc) is 2.65. The molecule has 0 saturated carbocycles. The molecular formula is C20H20ClNO5.